The van der Waals surface area contributed by atoms with Crippen LogP contribution < -0.4 is 5.30 Å². The van der Waals surface area contributed by atoms with Gasteiger partial charge in [-0.25, -0.2) is 8.78 Å². The van der Waals surface area contributed by atoms with Crippen molar-refractivity contribution in [2.75, 3.05) is 0 Å². The molecule has 0 fully saturated rings. The van der Waals surface area contributed by atoms with Gasteiger partial charge in [0, 0.05) is 11.4 Å². The molecular formula is C11H15F2P. The van der Waals surface area contributed by atoms with Gasteiger partial charge in [0.2, 0.25) is 0 Å². The molecule has 0 nitrogen and oxygen atoms in total. The maximum atomic E-state index is 13.2. The van der Waals surface area contributed by atoms with Gasteiger partial charge < -0.3 is 0 Å². The van der Waals surface area contributed by atoms with Gasteiger partial charge in [-0.15, -0.1) is 0 Å². The van der Waals surface area contributed by atoms with Crippen LogP contribution in [0.15, 0.2) is 18.2 Å². The third kappa shape index (κ3) is 3.34. The van der Waals surface area contributed by atoms with Crippen LogP contribution in [-0.4, -0.2) is 5.66 Å². The van der Waals surface area contributed by atoms with Gasteiger partial charge in [0.1, 0.15) is 11.6 Å². The van der Waals surface area contributed by atoms with Crippen LogP contribution in [0.3, 0.4) is 0 Å². The first kappa shape index (κ1) is 11.6. The van der Waals surface area contributed by atoms with E-state index in [1.165, 1.54) is 6.07 Å². The van der Waals surface area contributed by atoms with Gasteiger partial charge in [0.15, 0.2) is 0 Å². The smallest absolute Gasteiger partial charge is 0.133 e. The summed E-state index contributed by atoms with van der Waals surface area (Å²) in [5, 5.41) is 0.646. The second kappa shape index (κ2) is 5.41. The molecule has 0 amide bonds. The molecular weight excluding hydrogens is 201 g/mol. The number of benzene rings is 1. The fourth-order valence-electron chi connectivity index (χ4n) is 1.38. The Bertz CT molecular complexity index is 299. The molecule has 2 unspecified atom stereocenters. The summed E-state index contributed by atoms with van der Waals surface area (Å²) in [4.78, 5) is 0. The summed E-state index contributed by atoms with van der Waals surface area (Å²) >= 11 is 0. The molecule has 78 valence electrons. The molecule has 0 saturated carbocycles. The third-order valence-electron chi connectivity index (χ3n) is 2.05. The number of hydrogen-bond donors (Lipinski definition) is 0. The Labute approximate surface area is 85.5 Å². The standard InChI is InChI=1S/C11H15F2P/c1-3-4-8(2)14-11-6-5-9(12)7-10(11)13/h5-8,14H,3-4H2,1-2H3. The van der Waals surface area contributed by atoms with Crippen molar-refractivity contribution in [3.05, 3.63) is 29.8 Å². The molecule has 2 atom stereocenters. The van der Waals surface area contributed by atoms with Gasteiger partial charge in [0.05, 0.1) is 0 Å². The van der Waals surface area contributed by atoms with Crippen LogP contribution in [0.25, 0.3) is 0 Å². The highest BCUT2D eigenvalue weighted by Crippen LogP contribution is 2.23. The van der Waals surface area contributed by atoms with E-state index in [0.717, 1.165) is 18.9 Å². The van der Waals surface area contributed by atoms with E-state index in [0.29, 0.717) is 19.5 Å². The van der Waals surface area contributed by atoms with Crippen LogP contribution in [0.2, 0.25) is 0 Å². The molecule has 0 aliphatic rings. The van der Waals surface area contributed by atoms with Crippen molar-refractivity contribution in [1.29, 1.82) is 0 Å². The van der Waals surface area contributed by atoms with Crippen molar-refractivity contribution in [2.24, 2.45) is 0 Å². The molecule has 0 radical (unpaired) electrons. The lowest BCUT2D eigenvalue weighted by atomic mass is 10.3. The fourth-order valence-corrected chi connectivity index (χ4v) is 2.73. The molecule has 0 aliphatic carbocycles. The number of halogens is 2. The van der Waals surface area contributed by atoms with E-state index in [2.05, 4.69) is 13.8 Å². The van der Waals surface area contributed by atoms with E-state index >= 15 is 0 Å². The van der Waals surface area contributed by atoms with E-state index in [1.807, 2.05) is 0 Å². The lowest BCUT2D eigenvalue weighted by Gasteiger charge is -2.10. The first-order valence-corrected chi connectivity index (χ1v) is 5.92. The van der Waals surface area contributed by atoms with Gasteiger partial charge in [0.25, 0.3) is 0 Å². The van der Waals surface area contributed by atoms with Gasteiger partial charge in [-0.3, -0.25) is 0 Å². The van der Waals surface area contributed by atoms with Crippen molar-refractivity contribution in [3.63, 3.8) is 0 Å². The molecule has 0 bridgehead atoms. The highest BCUT2D eigenvalue weighted by molar-refractivity contribution is 7.48. The first-order chi connectivity index (χ1) is 6.63. The Hall–Kier alpha value is -0.490. The zero-order chi connectivity index (χ0) is 10.6. The average molecular weight is 216 g/mol. The molecule has 0 aliphatic heterocycles. The molecule has 0 saturated heterocycles. The van der Waals surface area contributed by atoms with Gasteiger partial charge in [-0.05, 0) is 24.2 Å². The Balaban J connectivity index is 2.67. The molecule has 0 N–H and O–H groups in total. The van der Waals surface area contributed by atoms with Gasteiger partial charge in [-0.1, -0.05) is 28.8 Å². The Kier molecular flexibility index (Phi) is 4.47. The summed E-state index contributed by atoms with van der Waals surface area (Å²) in [6.45, 7) is 4.22. The zero-order valence-corrected chi connectivity index (χ0v) is 9.48. The molecule has 0 spiro atoms. The van der Waals surface area contributed by atoms with Crippen molar-refractivity contribution in [1.82, 2.24) is 0 Å². The van der Waals surface area contributed by atoms with Gasteiger partial charge in [-0.2, -0.15) is 0 Å². The van der Waals surface area contributed by atoms with Crippen molar-refractivity contribution < 1.29 is 8.78 Å². The van der Waals surface area contributed by atoms with E-state index in [1.54, 1.807) is 6.07 Å². The summed E-state index contributed by atoms with van der Waals surface area (Å²) in [6, 6.07) is 3.83. The summed E-state index contributed by atoms with van der Waals surface area (Å²) < 4.78 is 25.8. The summed E-state index contributed by atoms with van der Waals surface area (Å²) in [7, 11) is 0.439. The minimum absolute atomic E-state index is 0.411. The quantitative estimate of drug-likeness (QED) is 0.676. The highest BCUT2D eigenvalue weighted by atomic mass is 31.1. The van der Waals surface area contributed by atoms with Crippen molar-refractivity contribution in [3.8, 4) is 0 Å². The van der Waals surface area contributed by atoms with Crippen LogP contribution in [0, 0.1) is 11.6 Å². The molecule has 0 aromatic heterocycles. The lowest BCUT2D eigenvalue weighted by molar-refractivity contribution is 0.588. The molecule has 0 heterocycles. The fraction of sp³-hybridized carbons (Fsp3) is 0.455. The second-order valence-corrected chi connectivity index (χ2v) is 5.27. The Morgan fingerprint density at radius 1 is 1.36 bits per heavy atom. The third-order valence-corrected chi connectivity index (χ3v) is 3.55. The monoisotopic (exact) mass is 216 g/mol. The van der Waals surface area contributed by atoms with E-state index in [4.69, 9.17) is 0 Å². The molecule has 14 heavy (non-hydrogen) atoms. The van der Waals surface area contributed by atoms with Crippen LogP contribution in [-0.2, 0) is 0 Å². The normalized spacial score (nSPS) is 13.7. The molecule has 1 rings (SSSR count). The largest absolute Gasteiger partial charge is 0.207 e. The van der Waals surface area contributed by atoms with Crippen molar-refractivity contribution in [2.45, 2.75) is 32.3 Å². The van der Waals surface area contributed by atoms with Crippen LogP contribution in [0.1, 0.15) is 26.7 Å². The maximum absolute atomic E-state index is 13.2. The number of hydrogen-bond acceptors (Lipinski definition) is 0. The summed E-state index contributed by atoms with van der Waals surface area (Å²) in [5.74, 6) is -0.912. The minimum Gasteiger partial charge on any atom is -0.207 e. The predicted octanol–water partition coefficient (Wildman–Crippen LogP) is 3.46. The summed E-state index contributed by atoms with van der Waals surface area (Å²) in [6.07, 6.45) is 2.20. The van der Waals surface area contributed by atoms with E-state index in [9.17, 15) is 8.78 Å². The van der Waals surface area contributed by atoms with Crippen LogP contribution in [0.5, 0.6) is 0 Å². The first-order valence-electron chi connectivity index (χ1n) is 4.85. The number of rotatable bonds is 4. The van der Waals surface area contributed by atoms with Gasteiger partial charge >= 0.3 is 0 Å². The second-order valence-electron chi connectivity index (χ2n) is 3.46. The molecule has 1 aromatic rings. The minimum atomic E-state index is -0.501. The zero-order valence-electron chi connectivity index (χ0n) is 8.48. The van der Waals surface area contributed by atoms with E-state index in [-0.39, 0.29) is 0 Å². The maximum Gasteiger partial charge on any atom is 0.133 e. The van der Waals surface area contributed by atoms with E-state index < -0.39 is 11.6 Å². The highest BCUT2D eigenvalue weighted by Gasteiger charge is 2.07. The molecule has 3 heteroatoms. The average Bonchev–Trinajstić information content (AvgIpc) is 2.10. The van der Waals surface area contributed by atoms with Crippen LogP contribution in [0.4, 0.5) is 8.78 Å². The van der Waals surface area contributed by atoms with Crippen molar-refractivity contribution >= 4 is 13.9 Å². The lowest BCUT2D eigenvalue weighted by Crippen LogP contribution is -2.07. The Morgan fingerprint density at radius 2 is 2.07 bits per heavy atom. The predicted molar refractivity (Wildman–Crippen MR) is 58.7 cm³/mol. The Morgan fingerprint density at radius 3 is 2.64 bits per heavy atom. The summed E-state index contributed by atoms with van der Waals surface area (Å²) in [5.41, 5.74) is 0.486. The van der Waals surface area contributed by atoms with Crippen LogP contribution >= 0.6 is 8.58 Å². The topological polar surface area (TPSA) is 0 Å². The SMILES string of the molecule is CCCC(C)Pc1ccc(F)cc1F. The molecule has 1 aromatic carbocycles.